The standard InChI is InChI=1S/C13H18O3/c1-8-3-4-9-5-6-11(14)13(15-2)12(9)10(8)7-16-13/h3-4,8-10,12H,5-7H2,1-2H3/t8-,9+,10+,12-,13-/m1/s1. The molecule has 1 saturated heterocycles. The second-order valence-electron chi connectivity index (χ2n) is 5.24. The fourth-order valence-corrected chi connectivity index (χ4v) is 3.68. The van der Waals surface area contributed by atoms with Gasteiger partial charge in [-0.15, -0.1) is 0 Å². The number of ketones is 1. The second kappa shape index (κ2) is 3.41. The summed E-state index contributed by atoms with van der Waals surface area (Å²) in [6.45, 7) is 2.86. The molecule has 3 aliphatic rings. The quantitative estimate of drug-likeness (QED) is 0.634. The Labute approximate surface area is 95.8 Å². The summed E-state index contributed by atoms with van der Waals surface area (Å²) >= 11 is 0. The monoisotopic (exact) mass is 222 g/mol. The number of Topliss-reactive ketones (excluding diaryl/α,β-unsaturated/α-hetero) is 1. The maximum absolute atomic E-state index is 12.1. The molecule has 2 fully saturated rings. The molecule has 1 aliphatic heterocycles. The molecule has 88 valence electrons. The number of carbonyl (C=O) groups is 1. The number of allylic oxidation sites excluding steroid dienone is 2. The van der Waals surface area contributed by atoms with Crippen LogP contribution in [0.2, 0.25) is 0 Å². The van der Waals surface area contributed by atoms with Gasteiger partial charge in [0, 0.05) is 19.4 Å². The third kappa shape index (κ3) is 1.13. The van der Waals surface area contributed by atoms with Crippen molar-refractivity contribution in [2.24, 2.45) is 23.7 Å². The van der Waals surface area contributed by atoms with Crippen molar-refractivity contribution in [1.82, 2.24) is 0 Å². The first-order chi connectivity index (χ1) is 7.69. The van der Waals surface area contributed by atoms with Gasteiger partial charge in [0.25, 0.3) is 0 Å². The summed E-state index contributed by atoms with van der Waals surface area (Å²) in [7, 11) is 1.60. The van der Waals surface area contributed by atoms with E-state index >= 15 is 0 Å². The van der Waals surface area contributed by atoms with E-state index in [0.29, 0.717) is 30.8 Å². The minimum atomic E-state index is -0.924. The van der Waals surface area contributed by atoms with E-state index in [4.69, 9.17) is 9.47 Å². The predicted molar refractivity (Wildman–Crippen MR) is 58.7 cm³/mol. The Morgan fingerprint density at radius 3 is 3.06 bits per heavy atom. The smallest absolute Gasteiger partial charge is 0.232 e. The average molecular weight is 222 g/mol. The maximum Gasteiger partial charge on any atom is 0.232 e. The van der Waals surface area contributed by atoms with Crippen LogP contribution in [0.1, 0.15) is 19.8 Å². The van der Waals surface area contributed by atoms with Crippen LogP contribution < -0.4 is 0 Å². The largest absolute Gasteiger partial charge is 0.347 e. The van der Waals surface area contributed by atoms with E-state index in [9.17, 15) is 4.79 Å². The van der Waals surface area contributed by atoms with Crippen LogP contribution in [0.3, 0.4) is 0 Å². The predicted octanol–water partition coefficient (Wildman–Crippen LogP) is 1.78. The second-order valence-corrected chi connectivity index (χ2v) is 5.24. The van der Waals surface area contributed by atoms with Gasteiger partial charge < -0.3 is 9.47 Å². The molecule has 0 radical (unpaired) electrons. The van der Waals surface area contributed by atoms with Crippen molar-refractivity contribution in [1.29, 1.82) is 0 Å². The summed E-state index contributed by atoms with van der Waals surface area (Å²) < 4.78 is 11.3. The van der Waals surface area contributed by atoms with Gasteiger partial charge in [-0.25, -0.2) is 0 Å². The zero-order valence-electron chi connectivity index (χ0n) is 9.81. The number of ether oxygens (including phenoxy) is 2. The van der Waals surface area contributed by atoms with Gasteiger partial charge in [0.1, 0.15) is 0 Å². The van der Waals surface area contributed by atoms with Crippen molar-refractivity contribution in [3.63, 3.8) is 0 Å². The molecule has 0 bridgehead atoms. The molecule has 1 saturated carbocycles. The molecule has 2 aliphatic carbocycles. The number of methoxy groups -OCH3 is 1. The van der Waals surface area contributed by atoms with Crippen molar-refractivity contribution in [2.45, 2.75) is 25.6 Å². The topological polar surface area (TPSA) is 35.5 Å². The van der Waals surface area contributed by atoms with Crippen LogP contribution >= 0.6 is 0 Å². The van der Waals surface area contributed by atoms with Crippen molar-refractivity contribution >= 4 is 5.78 Å². The molecule has 0 unspecified atom stereocenters. The van der Waals surface area contributed by atoms with Gasteiger partial charge in [-0.1, -0.05) is 19.1 Å². The molecular formula is C13H18O3. The Hall–Kier alpha value is -0.670. The lowest BCUT2D eigenvalue weighted by Gasteiger charge is -2.43. The molecule has 3 rings (SSSR count). The third-order valence-corrected chi connectivity index (χ3v) is 4.59. The minimum Gasteiger partial charge on any atom is -0.347 e. The summed E-state index contributed by atoms with van der Waals surface area (Å²) in [5.41, 5.74) is 0. The van der Waals surface area contributed by atoms with E-state index in [1.54, 1.807) is 7.11 Å². The normalized spacial score (nSPS) is 50.5. The molecule has 0 aromatic carbocycles. The van der Waals surface area contributed by atoms with E-state index in [0.717, 1.165) is 6.42 Å². The zero-order valence-corrected chi connectivity index (χ0v) is 9.81. The molecule has 0 aromatic rings. The van der Waals surface area contributed by atoms with Gasteiger partial charge in [-0.05, 0) is 24.2 Å². The lowest BCUT2D eigenvalue weighted by molar-refractivity contribution is -0.224. The lowest BCUT2D eigenvalue weighted by atomic mass is 9.64. The van der Waals surface area contributed by atoms with Crippen molar-refractivity contribution < 1.29 is 14.3 Å². The lowest BCUT2D eigenvalue weighted by Crippen LogP contribution is -2.53. The molecule has 3 nitrogen and oxygen atoms in total. The average Bonchev–Trinajstić information content (AvgIpc) is 2.70. The Balaban J connectivity index is 2.05. The van der Waals surface area contributed by atoms with Crippen molar-refractivity contribution in [3.05, 3.63) is 12.2 Å². The number of rotatable bonds is 1. The molecule has 0 amide bonds. The SMILES string of the molecule is CO[C@]12OC[C@@H]3[C@H]1[C@@H](C=C[C@H]3C)CCC2=O. The molecule has 1 heterocycles. The number of carbonyl (C=O) groups excluding carboxylic acids is 1. The highest BCUT2D eigenvalue weighted by molar-refractivity contribution is 5.87. The first kappa shape index (κ1) is 10.5. The van der Waals surface area contributed by atoms with E-state index < -0.39 is 5.79 Å². The van der Waals surface area contributed by atoms with Crippen LogP contribution in [0.4, 0.5) is 0 Å². The molecule has 0 spiro atoms. The molecule has 0 N–H and O–H groups in total. The minimum absolute atomic E-state index is 0.140. The summed E-state index contributed by atoms with van der Waals surface area (Å²) in [6, 6.07) is 0. The van der Waals surface area contributed by atoms with Crippen LogP contribution in [0.5, 0.6) is 0 Å². The summed E-state index contributed by atoms with van der Waals surface area (Å²) in [5.74, 6) is 0.844. The van der Waals surface area contributed by atoms with Crippen molar-refractivity contribution in [3.8, 4) is 0 Å². The van der Waals surface area contributed by atoms with E-state index in [2.05, 4.69) is 19.1 Å². The fourth-order valence-electron chi connectivity index (χ4n) is 3.68. The van der Waals surface area contributed by atoms with E-state index in [-0.39, 0.29) is 11.7 Å². The fraction of sp³-hybridized carbons (Fsp3) is 0.769. The highest BCUT2D eigenvalue weighted by atomic mass is 16.7. The van der Waals surface area contributed by atoms with Gasteiger partial charge >= 0.3 is 0 Å². The summed E-state index contributed by atoms with van der Waals surface area (Å²) in [4.78, 5) is 12.1. The van der Waals surface area contributed by atoms with Gasteiger partial charge in [0.15, 0.2) is 5.78 Å². The highest BCUT2D eigenvalue weighted by Crippen LogP contribution is 2.52. The molecule has 16 heavy (non-hydrogen) atoms. The number of hydrogen-bond acceptors (Lipinski definition) is 3. The maximum atomic E-state index is 12.1. The highest BCUT2D eigenvalue weighted by Gasteiger charge is 2.61. The molecule has 3 heteroatoms. The zero-order chi connectivity index (χ0) is 11.3. The Morgan fingerprint density at radius 2 is 2.31 bits per heavy atom. The van der Waals surface area contributed by atoms with Gasteiger partial charge in [0.05, 0.1) is 6.61 Å². The first-order valence-electron chi connectivity index (χ1n) is 6.10. The first-order valence-corrected chi connectivity index (χ1v) is 6.10. The van der Waals surface area contributed by atoms with Crippen LogP contribution in [0, 0.1) is 23.7 Å². The van der Waals surface area contributed by atoms with Gasteiger partial charge in [-0.3, -0.25) is 4.79 Å². The molecule has 5 atom stereocenters. The third-order valence-electron chi connectivity index (χ3n) is 4.59. The van der Waals surface area contributed by atoms with Crippen LogP contribution in [0.15, 0.2) is 12.2 Å². The molecular weight excluding hydrogens is 204 g/mol. The number of hydrogen-bond donors (Lipinski definition) is 0. The Morgan fingerprint density at radius 1 is 1.50 bits per heavy atom. The Bertz CT molecular complexity index is 349. The van der Waals surface area contributed by atoms with Crippen LogP contribution in [0.25, 0.3) is 0 Å². The van der Waals surface area contributed by atoms with Crippen LogP contribution in [-0.4, -0.2) is 25.3 Å². The van der Waals surface area contributed by atoms with Crippen molar-refractivity contribution in [2.75, 3.05) is 13.7 Å². The molecule has 0 aromatic heterocycles. The van der Waals surface area contributed by atoms with Crippen LogP contribution in [-0.2, 0) is 14.3 Å². The summed E-state index contributed by atoms with van der Waals surface area (Å²) in [6.07, 6.45) is 6.08. The Kier molecular flexibility index (Phi) is 2.23. The summed E-state index contributed by atoms with van der Waals surface area (Å²) in [5, 5.41) is 0. The van der Waals surface area contributed by atoms with Gasteiger partial charge in [-0.2, -0.15) is 0 Å². The van der Waals surface area contributed by atoms with Gasteiger partial charge in [0.2, 0.25) is 5.79 Å². The van der Waals surface area contributed by atoms with E-state index in [1.165, 1.54) is 0 Å². The van der Waals surface area contributed by atoms with E-state index in [1.807, 2.05) is 0 Å².